The summed E-state index contributed by atoms with van der Waals surface area (Å²) in [4.78, 5) is 15.3. The fourth-order valence-corrected chi connectivity index (χ4v) is 4.54. The first-order valence-corrected chi connectivity index (χ1v) is 11.5. The second kappa shape index (κ2) is 10.5. The summed E-state index contributed by atoms with van der Waals surface area (Å²) >= 11 is 1.40. The highest BCUT2D eigenvalue weighted by molar-refractivity contribution is 8.00. The van der Waals surface area contributed by atoms with E-state index in [1.807, 2.05) is 72.5 Å². The Balaban J connectivity index is 1.46. The van der Waals surface area contributed by atoms with E-state index in [-0.39, 0.29) is 17.3 Å². The first-order chi connectivity index (χ1) is 15.2. The molecule has 0 N–H and O–H groups in total. The largest absolute Gasteiger partial charge is 0.376 e. The average Bonchev–Trinajstić information content (AvgIpc) is 3.47. The second-order valence-electron chi connectivity index (χ2n) is 7.70. The Kier molecular flexibility index (Phi) is 7.32. The van der Waals surface area contributed by atoms with Crippen LogP contribution in [0.25, 0.3) is 0 Å². The monoisotopic (exact) mass is 437 g/mol. The summed E-state index contributed by atoms with van der Waals surface area (Å²) in [7, 11) is 0. The normalized spacial score (nSPS) is 16.9. The van der Waals surface area contributed by atoms with Gasteiger partial charge in [0, 0.05) is 19.7 Å². The molecule has 7 nitrogen and oxygen atoms in total. The van der Waals surface area contributed by atoms with Crippen LogP contribution in [0, 0.1) is 0 Å². The molecule has 0 radical (unpaired) electrons. The van der Waals surface area contributed by atoms with Gasteiger partial charge >= 0.3 is 0 Å². The van der Waals surface area contributed by atoms with Gasteiger partial charge in [-0.1, -0.05) is 72.4 Å². The van der Waals surface area contributed by atoms with Crippen LogP contribution >= 0.6 is 11.8 Å². The van der Waals surface area contributed by atoms with E-state index in [1.165, 1.54) is 11.8 Å². The SMILES string of the molecule is C[C@H](Sc1nnnn1C[C@H]1CCCO1)C(=O)N(Cc1ccccc1)Cc1ccccc1. The zero-order valence-electron chi connectivity index (χ0n) is 17.6. The van der Waals surface area contributed by atoms with Crippen molar-refractivity contribution < 1.29 is 9.53 Å². The highest BCUT2D eigenvalue weighted by Crippen LogP contribution is 2.25. The molecule has 2 atom stereocenters. The molecular formula is C23H27N5O2S. The van der Waals surface area contributed by atoms with Crippen LogP contribution in [0.2, 0.25) is 0 Å². The molecule has 1 amide bonds. The van der Waals surface area contributed by atoms with Gasteiger partial charge in [-0.05, 0) is 41.3 Å². The van der Waals surface area contributed by atoms with Crippen LogP contribution in [-0.2, 0) is 29.2 Å². The molecule has 1 saturated heterocycles. The van der Waals surface area contributed by atoms with Crippen LogP contribution in [0.15, 0.2) is 65.8 Å². The number of thioether (sulfide) groups is 1. The van der Waals surface area contributed by atoms with Crippen LogP contribution in [0.5, 0.6) is 0 Å². The van der Waals surface area contributed by atoms with Crippen molar-refractivity contribution in [3.8, 4) is 0 Å². The Labute approximate surface area is 186 Å². The minimum atomic E-state index is -0.318. The number of aromatic nitrogens is 4. The molecule has 1 aliphatic heterocycles. The van der Waals surface area contributed by atoms with E-state index in [9.17, 15) is 4.79 Å². The van der Waals surface area contributed by atoms with Gasteiger partial charge < -0.3 is 9.64 Å². The molecule has 3 aromatic rings. The summed E-state index contributed by atoms with van der Waals surface area (Å²) in [6.45, 7) is 4.44. The molecule has 2 heterocycles. The fourth-order valence-electron chi connectivity index (χ4n) is 3.66. The molecule has 1 aromatic heterocycles. The number of ether oxygens (including phenoxy) is 1. The number of rotatable bonds is 9. The third-order valence-electron chi connectivity index (χ3n) is 5.27. The van der Waals surface area contributed by atoms with Crippen molar-refractivity contribution in [3.63, 3.8) is 0 Å². The smallest absolute Gasteiger partial charge is 0.236 e. The van der Waals surface area contributed by atoms with E-state index < -0.39 is 0 Å². The Morgan fingerprint density at radius 3 is 2.35 bits per heavy atom. The van der Waals surface area contributed by atoms with Crippen LogP contribution in [0.4, 0.5) is 0 Å². The highest BCUT2D eigenvalue weighted by Gasteiger charge is 2.25. The third-order valence-corrected chi connectivity index (χ3v) is 6.33. The summed E-state index contributed by atoms with van der Waals surface area (Å²) in [6.07, 6.45) is 2.22. The zero-order valence-corrected chi connectivity index (χ0v) is 18.4. The first kappa shape index (κ1) is 21.5. The highest BCUT2D eigenvalue weighted by atomic mass is 32.2. The molecule has 1 fully saturated rings. The lowest BCUT2D eigenvalue weighted by atomic mass is 10.1. The van der Waals surface area contributed by atoms with Gasteiger partial charge in [-0.15, -0.1) is 5.10 Å². The Bertz CT molecular complexity index is 919. The quantitative estimate of drug-likeness (QED) is 0.477. The van der Waals surface area contributed by atoms with Gasteiger partial charge in [0.1, 0.15) is 0 Å². The van der Waals surface area contributed by atoms with Crippen molar-refractivity contribution in [2.24, 2.45) is 0 Å². The van der Waals surface area contributed by atoms with Gasteiger partial charge in [0.15, 0.2) is 0 Å². The molecule has 0 aliphatic carbocycles. The summed E-state index contributed by atoms with van der Waals surface area (Å²) in [6, 6.07) is 20.1. The number of carbonyl (C=O) groups is 1. The average molecular weight is 438 g/mol. The van der Waals surface area contributed by atoms with Crippen LogP contribution in [0.1, 0.15) is 30.9 Å². The van der Waals surface area contributed by atoms with Gasteiger partial charge in [-0.2, -0.15) is 0 Å². The molecule has 0 saturated carbocycles. The molecule has 2 aromatic carbocycles. The van der Waals surface area contributed by atoms with Crippen LogP contribution in [0.3, 0.4) is 0 Å². The van der Waals surface area contributed by atoms with Crippen molar-refractivity contribution in [2.75, 3.05) is 6.61 Å². The number of hydrogen-bond donors (Lipinski definition) is 0. The summed E-state index contributed by atoms with van der Waals surface area (Å²) in [5, 5.41) is 12.4. The van der Waals surface area contributed by atoms with E-state index >= 15 is 0 Å². The summed E-state index contributed by atoms with van der Waals surface area (Å²) in [5.74, 6) is 0.0596. The molecule has 0 bridgehead atoms. The molecular weight excluding hydrogens is 410 g/mol. The van der Waals surface area contributed by atoms with Crippen LogP contribution in [-0.4, -0.2) is 49.0 Å². The number of benzene rings is 2. The number of amides is 1. The predicted molar refractivity (Wildman–Crippen MR) is 119 cm³/mol. The minimum absolute atomic E-state index is 0.0596. The third kappa shape index (κ3) is 5.92. The van der Waals surface area contributed by atoms with Crippen molar-refractivity contribution in [2.45, 2.75) is 55.9 Å². The molecule has 0 unspecified atom stereocenters. The Hall–Kier alpha value is -2.71. The zero-order chi connectivity index (χ0) is 21.5. The lowest BCUT2D eigenvalue weighted by Crippen LogP contribution is -2.36. The predicted octanol–water partition coefficient (Wildman–Crippen LogP) is 3.56. The summed E-state index contributed by atoms with van der Waals surface area (Å²) < 4.78 is 7.46. The number of nitrogens with zero attached hydrogens (tertiary/aromatic N) is 5. The molecule has 1 aliphatic rings. The molecule has 8 heteroatoms. The van der Waals surface area contributed by atoms with Gasteiger partial charge in [0.2, 0.25) is 11.1 Å². The molecule has 4 rings (SSSR count). The van der Waals surface area contributed by atoms with E-state index in [0.717, 1.165) is 30.6 Å². The number of tetrazole rings is 1. The fraction of sp³-hybridized carbons (Fsp3) is 0.391. The molecule has 162 valence electrons. The van der Waals surface area contributed by atoms with E-state index in [0.29, 0.717) is 24.8 Å². The van der Waals surface area contributed by atoms with Crippen molar-refractivity contribution in [3.05, 3.63) is 71.8 Å². The van der Waals surface area contributed by atoms with Crippen molar-refractivity contribution in [1.29, 1.82) is 0 Å². The number of hydrogen-bond acceptors (Lipinski definition) is 6. The van der Waals surface area contributed by atoms with Gasteiger partial charge in [0.05, 0.1) is 17.9 Å². The van der Waals surface area contributed by atoms with E-state index in [2.05, 4.69) is 15.5 Å². The number of carbonyl (C=O) groups excluding carboxylic acids is 1. The van der Waals surface area contributed by atoms with Gasteiger partial charge in [-0.25, -0.2) is 4.68 Å². The lowest BCUT2D eigenvalue weighted by Gasteiger charge is -2.26. The van der Waals surface area contributed by atoms with Crippen LogP contribution < -0.4 is 0 Å². The maximum atomic E-state index is 13.4. The first-order valence-electron chi connectivity index (χ1n) is 10.6. The van der Waals surface area contributed by atoms with Crippen molar-refractivity contribution >= 4 is 17.7 Å². The molecule has 31 heavy (non-hydrogen) atoms. The van der Waals surface area contributed by atoms with E-state index in [4.69, 9.17) is 4.74 Å². The van der Waals surface area contributed by atoms with Crippen molar-refractivity contribution in [1.82, 2.24) is 25.1 Å². The Morgan fingerprint density at radius 2 is 1.77 bits per heavy atom. The second-order valence-corrected chi connectivity index (χ2v) is 9.01. The van der Waals surface area contributed by atoms with Gasteiger partial charge in [0.25, 0.3) is 0 Å². The topological polar surface area (TPSA) is 73.1 Å². The maximum absolute atomic E-state index is 13.4. The lowest BCUT2D eigenvalue weighted by molar-refractivity contribution is -0.131. The minimum Gasteiger partial charge on any atom is -0.376 e. The maximum Gasteiger partial charge on any atom is 0.236 e. The molecule has 0 spiro atoms. The van der Waals surface area contributed by atoms with E-state index in [1.54, 1.807) is 4.68 Å². The standard InChI is InChI=1S/C23H27N5O2S/c1-18(31-23-24-25-26-28(23)17-21-13-8-14-30-21)22(29)27(15-19-9-4-2-5-10-19)16-20-11-6-3-7-12-20/h2-7,9-12,18,21H,8,13-17H2,1H3/t18-,21+/m0/s1. The Morgan fingerprint density at radius 1 is 1.13 bits per heavy atom. The van der Waals surface area contributed by atoms with Gasteiger partial charge in [-0.3, -0.25) is 4.79 Å². The summed E-state index contributed by atoms with van der Waals surface area (Å²) in [5.41, 5.74) is 2.21.